The second-order valence-electron chi connectivity index (χ2n) is 11.2. The van der Waals surface area contributed by atoms with Gasteiger partial charge in [-0.05, 0) is 50.5 Å². The number of para-hydroxylation sites is 1. The summed E-state index contributed by atoms with van der Waals surface area (Å²) in [5.41, 5.74) is 3.37. The maximum absolute atomic E-state index is 13.4. The van der Waals surface area contributed by atoms with Crippen molar-refractivity contribution in [1.82, 2.24) is 14.5 Å². The zero-order valence-electron chi connectivity index (χ0n) is 20.7. The van der Waals surface area contributed by atoms with Gasteiger partial charge in [-0.3, -0.25) is 9.59 Å². The van der Waals surface area contributed by atoms with Crippen LogP contribution < -0.4 is 10.5 Å². The first-order chi connectivity index (χ1) is 16.5. The Morgan fingerprint density at radius 1 is 1.14 bits per heavy atom. The fraction of sp³-hybridized carbons (Fsp3) is 0.444. The molecule has 6 rings (SSSR count). The van der Waals surface area contributed by atoms with E-state index < -0.39 is 11.0 Å². The molecule has 2 aromatic heterocycles. The number of hydrogen-bond acceptors (Lipinski definition) is 4. The second kappa shape index (κ2) is 6.99. The third-order valence-electron chi connectivity index (χ3n) is 7.76. The van der Waals surface area contributed by atoms with Gasteiger partial charge in [0.25, 0.3) is 5.56 Å². The molecule has 0 bridgehead atoms. The Labute approximate surface area is 203 Å². The molecule has 2 atom stereocenters. The van der Waals surface area contributed by atoms with Crippen LogP contribution in [0.25, 0.3) is 10.9 Å². The zero-order valence-corrected chi connectivity index (χ0v) is 20.7. The molecule has 4 heterocycles. The van der Waals surface area contributed by atoms with Crippen molar-refractivity contribution >= 4 is 28.6 Å². The molecule has 3 aromatic rings. The average molecular weight is 475 g/mol. The predicted octanol–water partition coefficient (Wildman–Crippen LogP) is 3.60. The number of nitrogens with one attached hydrogen (secondary N) is 1. The van der Waals surface area contributed by atoms with Crippen LogP contribution in [-0.2, 0) is 22.0 Å². The molecule has 0 unspecified atom stereocenters. The predicted molar refractivity (Wildman–Crippen MR) is 133 cm³/mol. The third-order valence-corrected chi connectivity index (χ3v) is 7.76. The van der Waals surface area contributed by atoms with Gasteiger partial charge in [-0.2, -0.15) is 0 Å². The molecule has 3 aliphatic rings. The maximum Gasteiger partial charge on any atom is 0.410 e. The van der Waals surface area contributed by atoms with Gasteiger partial charge in [0, 0.05) is 62.0 Å². The van der Waals surface area contributed by atoms with Gasteiger partial charge in [0.05, 0.1) is 5.41 Å². The molecule has 35 heavy (non-hydrogen) atoms. The van der Waals surface area contributed by atoms with Crippen LogP contribution in [0.3, 0.4) is 0 Å². The van der Waals surface area contributed by atoms with E-state index in [4.69, 9.17) is 4.74 Å². The minimum absolute atomic E-state index is 0.0127. The minimum Gasteiger partial charge on any atom is -0.444 e. The SMILES string of the molecule is CN1C(=O)[C@@]2(C[C@H]2c2cn(C)c(=O)c3[nH]c(C4CN(C(=O)OC(C)(C)C)C4)cc23)c2ccccc21. The molecule has 8 nitrogen and oxygen atoms in total. The summed E-state index contributed by atoms with van der Waals surface area (Å²) in [5.74, 6) is 0.243. The molecule has 2 fully saturated rings. The van der Waals surface area contributed by atoms with Crippen molar-refractivity contribution in [3.05, 3.63) is 63.7 Å². The first-order valence-corrected chi connectivity index (χ1v) is 12.1. The van der Waals surface area contributed by atoms with Crippen molar-refractivity contribution in [3.63, 3.8) is 0 Å². The van der Waals surface area contributed by atoms with Crippen molar-refractivity contribution in [3.8, 4) is 0 Å². The Bertz CT molecular complexity index is 1460. The highest BCUT2D eigenvalue weighted by Crippen LogP contribution is 2.66. The lowest BCUT2D eigenvalue weighted by atomic mass is 9.91. The fourth-order valence-electron chi connectivity index (χ4n) is 5.87. The van der Waals surface area contributed by atoms with Crippen molar-refractivity contribution in [1.29, 1.82) is 0 Å². The number of H-pyrrole nitrogens is 1. The number of anilines is 1. The first kappa shape index (κ1) is 21.9. The Balaban J connectivity index is 1.34. The number of nitrogens with zero attached hydrogens (tertiary/aromatic N) is 3. The highest BCUT2D eigenvalue weighted by atomic mass is 16.6. The van der Waals surface area contributed by atoms with Crippen LogP contribution in [-0.4, -0.2) is 52.2 Å². The molecule has 1 aliphatic carbocycles. The first-order valence-electron chi connectivity index (χ1n) is 12.1. The van der Waals surface area contributed by atoms with E-state index in [0.29, 0.717) is 18.6 Å². The molecule has 2 aliphatic heterocycles. The number of carbonyl (C=O) groups excluding carboxylic acids is 2. The summed E-state index contributed by atoms with van der Waals surface area (Å²) in [6.45, 7) is 6.65. The summed E-state index contributed by atoms with van der Waals surface area (Å²) in [6.07, 6.45) is 2.31. The monoisotopic (exact) mass is 474 g/mol. The number of hydrogen-bond donors (Lipinski definition) is 1. The van der Waals surface area contributed by atoms with E-state index in [2.05, 4.69) is 11.1 Å². The Morgan fingerprint density at radius 3 is 2.57 bits per heavy atom. The van der Waals surface area contributed by atoms with Crippen LogP contribution in [0, 0.1) is 0 Å². The van der Waals surface area contributed by atoms with Crippen molar-refractivity contribution in [2.24, 2.45) is 7.05 Å². The van der Waals surface area contributed by atoms with Gasteiger partial charge in [0.15, 0.2) is 0 Å². The van der Waals surface area contributed by atoms with Gasteiger partial charge in [0.2, 0.25) is 5.91 Å². The summed E-state index contributed by atoms with van der Waals surface area (Å²) in [4.78, 5) is 45.5. The lowest BCUT2D eigenvalue weighted by Crippen LogP contribution is -2.50. The Kier molecular flexibility index (Phi) is 4.39. The lowest BCUT2D eigenvalue weighted by molar-refractivity contribution is -0.120. The Hall–Kier alpha value is -3.55. The molecule has 1 saturated heterocycles. The van der Waals surface area contributed by atoms with Gasteiger partial charge in [-0.1, -0.05) is 18.2 Å². The van der Waals surface area contributed by atoms with Gasteiger partial charge in [-0.15, -0.1) is 0 Å². The van der Waals surface area contributed by atoms with E-state index in [1.165, 1.54) is 0 Å². The van der Waals surface area contributed by atoms with E-state index in [9.17, 15) is 14.4 Å². The topological polar surface area (TPSA) is 87.6 Å². The number of likely N-dealkylation sites (tertiary alicyclic amines) is 1. The summed E-state index contributed by atoms with van der Waals surface area (Å²) in [6, 6.07) is 10.0. The van der Waals surface area contributed by atoms with Crippen LogP contribution in [0.2, 0.25) is 0 Å². The van der Waals surface area contributed by atoms with Crippen molar-refractivity contribution in [2.45, 2.75) is 50.0 Å². The molecule has 1 saturated carbocycles. The number of amides is 2. The number of pyridine rings is 1. The average Bonchev–Trinajstić information content (AvgIpc) is 3.29. The highest BCUT2D eigenvalue weighted by molar-refractivity contribution is 6.11. The number of likely N-dealkylation sites (N-methyl/N-ethyl adjacent to an activating group) is 1. The van der Waals surface area contributed by atoms with E-state index in [1.54, 1.807) is 21.4 Å². The molecule has 0 radical (unpaired) electrons. The molecule has 1 aromatic carbocycles. The van der Waals surface area contributed by atoms with Crippen molar-refractivity contribution in [2.75, 3.05) is 25.0 Å². The van der Waals surface area contributed by atoms with Gasteiger partial charge in [-0.25, -0.2) is 4.79 Å². The summed E-state index contributed by atoms with van der Waals surface area (Å²) < 4.78 is 7.07. The van der Waals surface area contributed by atoms with E-state index in [1.807, 2.05) is 58.3 Å². The number of ether oxygens (including phenoxy) is 1. The summed E-state index contributed by atoms with van der Waals surface area (Å²) >= 11 is 0. The van der Waals surface area contributed by atoms with Crippen LogP contribution in [0.5, 0.6) is 0 Å². The quantitative estimate of drug-likeness (QED) is 0.615. The van der Waals surface area contributed by atoms with Crippen LogP contribution in [0.4, 0.5) is 10.5 Å². The van der Waals surface area contributed by atoms with E-state index >= 15 is 0 Å². The number of aromatic amines is 1. The zero-order chi connectivity index (χ0) is 24.9. The minimum atomic E-state index is -0.558. The van der Waals surface area contributed by atoms with Gasteiger partial charge in [0.1, 0.15) is 11.1 Å². The third kappa shape index (κ3) is 3.08. The van der Waals surface area contributed by atoms with E-state index in [-0.39, 0.29) is 29.4 Å². The van der Waals surface area contributed by atoms with E-state index in [0.717, 1.165) is 34.3 Å². The molecular weight excluding hydrogens is 444 g/mol. The van der Waals surface area contributed by atoms with Gasteiger partial charge >= 0.3 is 6.09 Å². The second-order valence-corrected chi connectivity index (χ2v) is 11.2. The fourth-order valence-corrected chi connectivity index (χ4v) is 5.87. The smallest absolute Gasteiger partial charge is 0.410 e. The molecule has 182 valence electrons. The number of benzene rings is 1. The summed E-state index contributed by atoms with van der Waals surface area (Å²) in [7, 11) is 3.59. The molecular formula is C27H30N4O4. The van der Waals surface area contributed by atoms with Crippen LogP contribution >= 0.6 is 0 Å². The lowest BCUT2D eigenvalue weighted by Gasteiger charge is -2.39. The van der Waals surface area contributed by atoms with Crippen LogP contribution in [0.15, 0.2) is 41.3 Å². The Morgan fingerprint density at radius 2 is 1.86 bits per heavy atom. The summed E-state index contributed by atoms with van der Waals surface area (Å²) in [5, 5.41) is 0.875. The maximum atomic E-state index is 13.4. The van der Waals surface area contributed by atoms with Crippen molar-refractivity contribution < 1.29 is 14.3 Å². The number of rotatable bonds is 2. The largest absolute Gasteiger partial charge is 0.444 e. The molecule has 2 amide bonds. The number of aryl methyl sites for hydroxylation is 1. The standard InChI is InChI=1S/C27H30N4O4/c1-26(2,3)35-25(34)31-12-15(13-31)20-10-16-17(14-29(4)23(32)22(16)28-20)19-11-27(19)18-8-6-7-9-21(18)30(5)24(27)33/h6-10,14-15,19,28H,11-13H2,1-5H3/t19-,27-/m0/s1. The molecule has 1 spiro atoms. The highest BCUT2D eigenvalue weighted by Gasteiger charge is 2.67. The van der Waals surface area contributed by atoms with Gasteiger partial charge < -0.3 is 24.1 Å². The number of carbonyl (C=O) groups is 2. The molecule has 8 heteroatoms. The normalized spacial score (nSPS) is 23.7. The number of fused-ring (bicyclic) bond motifs is 3. The van der Waals surface area contributed by atoms with Crippen LogP contribution in [0.1, 0.15) is 55.8 Å². The molecule has 1 N–H and O–H groups in total. The number of aromatic nitrogens is 2.